The van der Waals surface area contributed by atoms with Gasteiger partial charge in [-0.15, -0.1) is 0 Å². The summed E-state index contributed by atoms with van der Waals surface area (Å²) in [4.78, 5) is 24.8. The molecule has 2 aliphatic heterocycles. The first kappa shape index (κ1) is 12.3. The average molecular weight is 260 g/mol. The van der Waals surface area contributed by atoms with E-state index in [0.29, 0.717) is 12.5 Å². The Hall–Kier alpha value is -1.75. The highest BCUT2D eigenvalue weighted by molar-refractivity contribution is 5.88. The Bertz CT molecular complexity index is 526. The van der Waals surface area contributed by atoms with E-state index in [4.69, 9.17) is 0 Å². The van der Waals surface area contributed by atoms with E-state index < -0.39 is 4.92 Å². The molecule has 2 heterocycles. The minimum absolute atomic E-state index is 0.0738. The number of carbonyl (C=O) groups excluding carboxylic acids is 1. The van der Waals surface area contributed by atoms with Gasteiger partial charge in [0.1, 0.15) is 5.78 Å². The van der Waals surface area contributed by atoms with E-state index in [0.717, 1.165) is 18.4 Å². The van der Waals surface area contributed by atoms with Crippen molar-refractivity contribution >= 4 is 11.5 Å². The number of Topliss-reactive ketones (excluding diaryl/α,β-unsaturated/α-hetero) is 1. The van der Waals surface area contributed by atoms with Gasteiger partial charge in [0.25, 0.3) is 5.69 Å². The molecule has 1 aromatic rings. The molecule has 3 atom stereocenters. The third-order valence-corrected chi connectivity index (χ3v) is 4.53. The maximum Gasteiger partial charge on any atom is 0.269 e. The Kier molecular flexibility index (Phi) is 2.86. The fourth-order valence-electron chi connectivity index (χ4n) is 3.47. The van der Waals surface area contributed by atoms with Gasteiger partial charge >= 0.3 is 0 Å². The molecule has 0 aromatic heterocycles. The van der Waals surface area contributed by atoms with Crippen LogP contribution in [0.1, 0.15) is 30.7 Å². The zero-order chi connectivity index (χ0) is 13.6. The molecule has 3 unspecified atom stereocenters. The lowest BCUT2D eigenvalue weighted by Crippen LogP contribution is -2.45. The van der Waals surface area contributed by atoms with Crippen LogP contribution in [0.4, 0.5) is 5.69 Å². The van der Waals surface area contributed by atoms with Crippen molar-refractivity contribution in [2.24, 2.45) is 0 Å². The van der Waals surface area contributed by atoms with Crippen LogP contribution >= 0.6 is 0 Å². The maximum atomic E-state index is 12.3. The van der Waals surface area contributed by atoms with E-state index in [1.165, 1.54) is 12.1 Å². The Morgan fingerprint density at radius 2 is 1.95 bits per heavy atom. The van der Waals surface area contributed by atoms with Crippen LogP contribution in [0, 0.1) is 10.1 Å². The van der Waals surface area contributed by atoms with E-state index in [-0.39, 0.29) is 23.4 Å². The second kappa shape index (κ2) is 4.42. The Morgan fingerprint density at radius 1 is 1.26 bits per heavy atom. The number of rotatable bonds is 2. The van der Waals surface area contributed by atoms with Crippen LogP contribution in [0.25, 0.3) is 0 Å². The van der Waals surface area contributed by atoms with Gasteiger partial charge in [-0.1, -0.05) is 12.1 Å². The quantitative estimate of drug-likeness (QED) is 0.603. The highest BCUT2D eigenvalue weighted by Crippen LogP contribution is 2.41. The summed E-state index contributed by atoms with van der Waals surface area (Å²) in [5, 5.41) is 10.7. The largest absolute Gasteiger partial charge is 0.299 e. The summed E-state index contributed by atoms with van der Waals surface area (Å²) in [6.45, 7) is 0. The lowest BCUT2D eigenvalue weighted by molar-refractivity contribution is -0.384. The van der Waals surface area contributed by atoms with E-state index in [2.05, 4.69) is 11.9 Å². The molecule has 2 aliphatic rings. The SMILES string of the molecule is CN1C2CCC1C(c1ccc([N+](=O)[O-])cc1)C(=O)C2. The first-order valence-corrected chi connectivity index (χ1v) is 6.57. The molecule has 0 aliphatic carbocycles. The first-order valence-electron chi connectivity index (χ1n) is 6.57. The molecule has 2 fully saturated rings. The summed E-state index contributed by atoms with van der Waals surface area (Å²) in [5.41, 5.74) is 0.984. The van der Waals surface area contributed by atoms with Crippen molar-refractivity contribution < 1.29 is 9.72 Å². The number of hydrogen-bond acceptors (Lipinski definition) is 4. The molecule has 0 spiro atoms. The average Bonchev–Trinajstić information content (AvgIpc) is 2.64. The summed E-state index contributed by atoms with van der Waals surface area (Å²) >= 11 is 0. The molecule has 5 heteroatoms. The van der Waals surface area contributed by atoms with Crippen molar-refractivity contribution in [3.8, 4) is 0 Å². The Balaban J connectivity index is 1.92. The zero-order valence-electron chi connectivity index (χ0n) is 10.8. The van der Waals surface area contributed by atoms with Gasteiger partial charge in [-0.05, 0) is 25.5 Å². The van der Waals surface area contributed by atoms with Crippen LogP contribution in [0.15, 0.2) is 24.3 Å². The number of benzene rings is 1. The van der Waals surface area contributed by atoms with Gasteiger partial charge in [-0.2, -0.15) is 0 Å². The van der Waals surface area contributed by atoms with Gasteiger partial charge in [-0.25, -0.2) is 0 Å². The van der Waals surface area contributed by atoms with Crippen molar-refractivity contribution in [1.82, 2.24) is 4.90 Å². The lowest BCUT2D eigenvalue weighted by atomic mass is 9.83. The molecule has 19 heavy (non-hydrogen) atoms. The topological polar surface area (TPSA) is 63.4 Å². The predicted molar refractivity (Wildman–Crippen MR) is 70.0 cm³/mol. The molecular formula is C14H16N2O3. The van der Waals surface area contributed by atoms with Gasteiger partial charge in [0.15, 0.2) is 0 Å². The van der Waals surface area contributed by atoms with Crippen molar-refractivity contribution in [3.05, 3.63) is 39.9 Å². The molecule has 0 N–H and O–H groups in total. The number of likely N-dealkylation sites (N-methyl/N-ethyl adjacent to an activating group) is 1. The molecule has 2 saturated heterocycles. The molecular weight excluding hydrogens is 244 g/mol. The number of fused-ring (bicyclic) bond motifs is 2. The fraction of sp³-hybridized carbons (Fsp3) is 0.500. The van der Waals surface area contributed by atoms with E-state index >= 15 is 0 Å². The smallest absolute Gasteiger partial charge is 0.269 e. The van der Waals surface area contributed by atoms with E-state index in [1.807, 2.05) is 0 Å². The standard InChI is InChI=1S/C14H16N2O3/c1-15-11-6-7-12(15)14(13(17)8-11)9-2-4-10(5-3-9)16(18)19/h2-5,11-12,14H,6-8H2,1H3. The van der Waals surface area contributed by atoms with Gasteiger partial charge in [0.05, 0.1) is 10.8 Å². The number of ketones is 1. The number of piperidine rings is 1. The van der Waals surface area contributed by atoms with Gasteiger partial charge in [0, 0.05) is 30.6 Å². The fourth-order valence-corrected chi connectivity index (χ4v) is 3.47. The molecule has 100 valence electrons. The Morgan fingerprint density at radius 3 is 2.58 bits per heavy atom. The first-order chi connectivity index (χ1) is 9.08. The van der Waals surface area contributed by atoms with Crippen molar-refractivity contribution in [3.63, 3.8) is 0 Å². The number of hydrogen-bond donors (Lipinski definition) is 0. The molecule has 3 rings (SSSR count). The van der Waals surface area contributed by atoms with Gasteiger partial charge < -0.3 is 0 Å². The predicted octanol–water partition coefficient (Wildman–Crippen LogP) is 2.11. The van der Waals surface area contributed by atoms with Crippen molar-refractivity contribution in [2.45, 2.75) is 37.3 Å². The summed E-state index contributed by atoms with van der Waals surface area (Å²) in [7, 11) is 2.08. The monoisotopic (exact) mass is 260 g/mol. The second-order valence-electron chi connectivity index (χ2n) is 5.46. The van der Waals surface area contributed by atoms with Crippen molar-refractivity contribution in [2.75, 3.05) is 7.05 Å². The number of non-ortho nitro benzene ring substituents is 1. The molecule has 2 bridgehead atoms. The maximum absolute atomic E-state index is 12.3. The van der Waals surface area contributed by atoms with E-state index in [1.54, 1.807) is 12.1 Å². The Labute approximate surface area is 111 Å². The highest BCUT2D eigenvalue weighted by atomic mass is 16.6. The third-order valence-electron chi connectivity index (χ3n) is 4.53. The summed E-state index contributed by atoms with van der Waals surface area (Å²) in [6.07, 6.45) is 2.72. The van der Waals surface area contributed by atoms with Crippen molar-refractivity contribution in [1.29, 1.82) is 0 Å². The van der Waals surface area contributed by atoms with Gasteiger partial charge in [-0.3, -0.25) is 19.8 Å². The van der Waals surface area contributed by atoms with Gasteiger partial charge in [0.2, 0.25) is 0 Å². The van der Waals surface area contributed by atoms with Crippen LogP contribution in [0.3, 0.4) is 0 Å². The number of nitro benzene ring substituents is 1. The zero-order valence-corrected chi connectivity index (χ0v) is 10.8. The molecule has 1 aromatic carbocycles. The number of carbonyl (C=O) groups is 1. The normalized spacial score (nSPS) is 30.6. The van der Waals surface area contributed by atoms with Crippen LogP contribution in [-0.2, 0) is 4.79 Å². The third kappa shape index (κ3) is 1.94. The molecule has 0 saturated carbocycles. The van der Waals surface area contributed by atoms with Crippen LogP contribution < -0.4 is 0 Å². The van der Waals surface area contributed by atoms with E-state index in [9.17, 15) is 14.9 Å². The summed E-state index contributed by atoms with van der Waals surface area (Å²) < 4.78 is 0. The molecule has 5 nitrogen and oxygen atoms in total. The highest BCUT2D eigenvalue weighted by Gasteiger charge is 2.45. The number of nitrogens with zero attached hydrogens (tertiary/aromatic N) is 2. The summed E-state index contributed by atoms with van der Waals surface area (Å²) in [6, 6.07) is 7.09. The minimum atomic E-state index is -0.413. The summed E-state index contributed by atoms with van der Waals surface area (Å²) in [5.74, 6) is 0.156. The second-order valence-corrected chi connectivity index (χ2v) is 5.46. The lowest BCUT2D eigenvalue weighted by Gasteiger charge is -2.36. The number of nitro groups is 1. The molecule has 0 amide bonds. The van der Waals surface area contributed by atoms with Crippen LogP contribution in [0.2, 0.25) is 0 Å². The molecule has 0 radical (unpaired) electrons. The van der Waals surface area contributed by atoms with Crippen LogP contribution in [-0.4, -0.2) is 34.7 Å². The minimum Gasteiger partial charge on any atom is -0.299 e. The van der Waals surface area contributed by atoms with Crippen LogP contribution in [0.5, 0.6) is 0 Å².